The van der Waals surface area contributed by atoms with E-state index in [4.69, 9.17) is 4.74 Å². The average Bonchev–Trinajstić information content (AvgIpc) is 2.38. The first kappa shape index (κ1) is 10.8. The minimum absolute atomic E-state index is 0.296. The summed E-state index contributed by atoms with van der Waals surface area (Å²) in [6, 6.07) is 6.34. The molecule has 2 heteroatoms. The molecule has 1 aromatic rings. The molecule has 0 spiro atoms. The van der Waals surface area contributed by atoms with E-state index in [1.807, 2.05) is 6.07 Å². The van der Waals surface area contributed by atoms with E-state index in [0.29, 0.717) is 17.6 Å². The normalized spacial score (nSPS) is 27.2. The first-order valence-corrected chi connectivity index (χ1v) is 6.49. The zero-order valence-electron chi connectivity index (χ0n) is 10.2. The van der Waals surface area contributed by atoms with Crippen molar-refractivity contribution < 1.29 is 9.53 Å². The molecule has 2 nitrogen and oxygen atoms in total. The second-order valence-electron chi connectivity index (χ2n) is 5.17. The molecule has 0 aliphatic heterocycles. The largest absolute Gasteiger partial charge is 0.497 e. The highest BCUT2D eigenvalue weighted by Crippen LogP contribution is 2.44. The van der Waals surface area contributed by atoms with Crippen molar-refractivity contribution in [3.8, 4) is 5.75 Å². The summed E-state index contributed by atoms with van der Waals surface area (Å²) in [5, 5.41) is 0. The SMILES string of the molecule is COc1ccc2c(c1)CC[C@H]1C(=O)CCC[C@H]21. The van der Waals surface area contributed by atoms with Crippen LogP contribution in [0, 0.1) is 5.92 Å². The standard InChI is InChI=1S/C15H18O2/c1-17-11-6-8-12-10(9-11)5-7-14-13(12)3-2-4-15(14)16/h6,8-9,13-14H,2-5,7H2,1H3/t13-,14-/m1/s1. The van der Waals surface area contributed by atoms with E-state index in [2.05, 4.69) is 12.1 Å². The van der Waals surface area contributed by atoms with Crippen molar-refractivity contribution in [2.24, 2.45) is 5.92 Å². The van der Waals surface area contributed by atoms with E-state index in [1.165, 1.54) is 17.5 Å². The van der Waals surface area contributed by atoms with Gasteiger partial charge in [0, 0.05) is 12.3 Å². The number of ether oxygens (including phenoxy) is 1. The highest BCUT2D eigenvalue weighted by molar-refractivity contribution is 5.83. The molecule has 0 saturated heterocycles. The molecule has 0 bridgehead atoms. The molecule has 17 heavy (non-hydrogen) atoms. The van der Waals surface area contributed by atoms with Crippen molar-refractivity contribution in [2.45, 2.75) is 38.0 Å². The number of benzene rings is 1. The number of fused-ring (bicyclic) bond motifs is 3. The van der Waals surface area contributed by atoms with Crippen LogP contribution in [0.15, 0.2) is 18.2 Å². The second kappa shape index (κ2) is 4.17. The molecule has 1 fully saturated rings. The molecule has 0 aromatic heterocycles. The maximum absolute atomic E-state index is 11.9. The zero-order valence-corrected chi connectivity index (χ0v) is 10.2. The van der Waals surface area contributed by atoms with E-state index in [-0.39, 0.29) is 0 Å². The van der Waals surface area contributed by atoms with Gasteiger partial charge >= 0.3 is 0 Å². The van der Waals surface area contributed by atoms with Crippen molar-refractivity contribution >= 4 is 5.78 Å². The van der Waals surface area contributed by atoms with Crippen LogP contribution in [0.5, 0.6) is 5.75 Å². The van der Waals surface area contributed by atoms with Gasteiger partial charge in [-0.2, -0.15) is 0 Å². The molecule has 2 atom stereocenters. The Morgan fingerprint density at radius 3 is 2.88 bits per heavy atom. The van der Waals surface area contributed by atoms with Gasteiger partial charge < -0.3 is 4.74 Å². The summed E-state index contributed by atoms with van der Waals surface area (Å²) in [6.07, 6.45) is 5.09. The van der Waals surface area contributed by atoms with Crippen molar-refractivity contribution in [3.05, 3.63) is 29.3 Å². The van der Waals surface area contributed by atoms with Gasteiger partial charge in [0.05, 0.1) is 7.11 Å². The lowest BCUT2D eigenvalue weighted by atomic mass is 9.67. The van der Waals surface area contributed by atoms with Crippen molar-refractivity contribution in [1.82, 2.24) is 0 Å². The highest BCUT2D eigenvalue weighted by Gasteiger charge is 2.36. The lowest BCUT2D eigenvalue weighted by Gasteiger charge is -2.36. The number of hydrogen-bond acceptors (Lipinski definition) is 2. The first-order chi connectivity index (χ1) is 8.29. The monoisotopic (exact) mass is 230 g/mol. The number of hydrogen-bond donors (Lipinski definition) is 0. The number of rotatable bonds is 1. The predicted octanol–water partition coefficient (Wildman–Crippen LogP) is 3.09. The number of aryl methyl sites for hydroxylation is 1. The lowest BCUT2D eigenvalue weighted by Crippen LogP contribution is -2.31. The summed E-state index contributed by atoms with van der Waals surface area (Å²) in [7, 11) is 1.71. The molecule has 2 aliphatic rings. The van der Waals surface area contributed by atoms with Crippen LogP contribution in [0.3, 0.4) is 0 Å². The van der Waals surface area contributed by atoms with Crippen LogP contribution in [-0.4, -0.2) is 12.9 Å². The molecular formula is C15H18O2. The van der Waals surface area contributed by atoms with Crippen molar-refractivity contribution in [3.63, 3.8) is 0 Å². The number of methoxy groups -OCH3 is 1. The first-order valence-electron chi connectivity index (χ1n) is 6.49. The van der Waals surface area contributed by atoms with Crippen LogP contribution in [-0.2, 0) is 11.2 Å². The Bertz CT molecular complexity index is 450. The fourth-order valence-corrected chi connectivity index (χ4v) is 3.44. The minimum Gasteiger partial charge on any atom is -0.497 e. The Hall–Kier alpha value is -1.31. The summed E-state index contributed by atoms with van der Waals surface area (Å²) in [5.41, 5.74) is 2.79. The molecule has 0 N–H and O–H groups in total. The Morgan fingerprint density at radius 1 is 1.18 bits per heavy atom. The number of ketones is 1. The van der Waals surface area contributed by atoms with E-state index in [9.17, 15) is 4.79 Å². The Balaban J connectivity index is 1.98. The smallest absolute Gasteiger partial charge is 0.136 e. The Kier molecular flexibility index (Phi) is 2.65. The molecular weight excluding hydrogens is 212 g/mol. The van der Waals surface area contributed by atoms with Crippen LogP contribution in [0.1, 0.15) is 42.7 Å². The topological polar surface area (TPSA) is 26.3 Å². The van der Waals surface area contributed by atoms with E-state index in [1.54, 1.807) is 7.11 Å². The van der Waals surface area contributed by atoms with Crippen LogP contribution >= 0.6 is 0 Å². The molecule has 3 rings (SSSR count). The fraction of sp³-hybridized carbons (Fsp3) is 0.533. The molecule has 0 amide bonds. The van der Waals surface area contributed by atoms with Gasteiger partial charge in [-0.15, -0.1) is 0 Å². The van der Waals surface area contributed by atoms with Gasteiger partial charge in [-0.05, 0) is 54.9 Å². The Labute approximate surface area is 102 Å². The molecule has 90 valence electrons. The summed E-state index contributed by atoms with van der Waals surface area (Å²) >= 11 is 0. The van der Waals surface area contributed by atoms with Crippen molar-refractivity contribution in [2.75, 3.05) is 7.11 Å². The number of Topliss-reactive ketones (excluding diaryl/α,β-unsaturated/α-hetero) is 1. The summed E-state index contributed by atoms with van der Waals surface area (Å²) < 4.78 is 5.27. The maximum atomic E-state index is 11.9. The summed E-state index contributed by atoms with van der Waals surface area (Å²) in [5.74, 6) is 2.20. The highest BCUT2D eigenvalue weighted by atomic mass is 16.5. The van der Waals surface area contributed by atoms with E-state index < -0.39 is 0 Å². The van der Waals surface area contributed by atoms with Gasteiger partial charge in [0.2, 0.25) is 0 Å². The third-order valence-corrected chi connectivity index (χ3v) is 4.31. The van der Waals surface area contributed by atoms with Crippen LogP contribution < -0.4 is 4.74 Å². The van der Waals surface area contributed by atoms with Gasteiger partial charge in [-0.3, -0.25) is 4.79 Å². The molecule has 0 unspecified atom stereocenters. The fourth-order valence-electron chi connectivity index (χ4n) is 3.44. The minimum atomic E-state index is 0.296. The van der Waals surface area contributed by atoms with Crippen LogP contribution in [0.4, 0.5) is 0 Å². The summed E-state index contributed by atoms with van der Waals surface area (Å²) in [4.78, 5) is 11.9. The van der Waals surface area contributed by atoms with Gasteiger partial charge in [-0.25, -0.2) is 0 Å². The number of carbonyl (C=O) groups is 1. The Morgan fingerprint density at radius 2 is 2.06 bits per heavy atom. The maximum Gasteiger partial charge on any atom is 0.136 e. The van der Waals surface area contributed by atoms with Gasteiger partial charge in [0.25, 0.3) is 0 Å². The third-order valence-electron chi connectivity index (χ3n) is 4.31. The number of carbonyl (C=O) groups excluding carboxylic acids is 1. The van der Waals surface area contributed by atoms with Gasteiger partial charge in [-0.1, -0.05) is 6.07 Å². The van der Waals surface area contributed by atoms with E-state index in [0.717, 1.165) is 31.4 Å². The van der Waals surface area contributed by atoms with Crippen LogP contribution in [0.25, 0.3) is 0 Å². The van der Waals surface area contributed by atoms with Gasteiger partial charge in [0.1, 0.15) is 11.5 Å². The second-order valence-corrected chi connectivity index (χ2v) is 5.17. The lowest BCUT2D eigenvalue weighted by molar-refractivity contribution is -0.125. The van der Waals surface area contributed by atoms with Crippen molar-refractivity contribution in [1.29, 1.82) is 0 Å². The van der Waals surface area contributed by atoms with Crippen LogP contribution in [0.2, 0.25) is 0 Å². The quantitative estimate of drug-likeness (QED) is 0.741. The molecule has 0 radical (unpaired) electrons. The predicted molar refractivity (Wildman–Crippen MR) is 66.4 cm³/mol. The molecule has 1 aromatic carbocycles. The summed E-state index contributed by atoms with van der Waals surface area (Å²) in [6.45, 7) is 0. The molecule has 1 saturated carbocycles. The van der Waals surface area contributed by atoms with Gasteiger partial charge in [0.15, 0.2) is 0 Å². The average molecular weight is 230 g/mol. The zero-order chi connectivity index (χ0) is 11.8. The van der Waals surface area contributed by atoms with E-state index >= 15 is 0 Å². The molecule has 2 aliphatic carbocycles. The third kappa shape index (κ3) is 1.76. The molecule has 0 heterocycles.